The molecular formula is C16H24N4O2. The van der Waals surface area contributed by atoms with Crippen LogP contribution >= 0.6 is 0 Å². The molecule has 4 heterocycles. The lowest BCUT2D eigenvalue weighted by atomic mass is 9.73. The maximum Gasteiger partial charge on any atom is 0.225 e. The van der Waals surface area contributed by atoms with Gasteiger partial charge >= 0.3 is 0 Å². The molecule has 120 valence electrons. The van der Waals surface area contributed by atoms with Crippen molar-refractivity contribution < 1.29 is 9.47 Å². The molecule has 0 N–H and O–H groups in total. The first-order valence-electron chi connectivity index (χ1n) is 8.05. The summed E-state index contributed by atoms with van der Waals surface area (Å²) in [5, 5.41) is 0. The lowest BCUT2D eigenvalue weighted by Gasteiger charge is -2.30. The average molecular weight is 304 g/mol. The summed E-state index contributed by atoms with van der Waals surface area (Å²) in [7, 11) is 5.94. The Morgan fingerprint density at radius 1 is 1.41 bits per heavy atom. The number of aromatic nitrogens is 2. The summed E-state index contributed by atoms with van der Waals surface area (Å²) < 4.78 is 11.6. The van der Waals surface area contributed by atoms with Gasteiger partial charge in [-0.1, -0.05) is 0 Å². The van der Waals surface area contributed by atoms with Crippen LogP contribution < -0.4 is 9.64 Å². The lowest BCUT2D eigenvalue weighted by Crippen LogP contribution is -2.40. The van der Waals surface area contributed by atoms with Crippen LogP contribution in [0.4, 0.5) is 5.95 Å². The van der Waals surface area contributed by atoms with E-state index in [9.17, 15) is 0 Å². The number of hydrogen-bond acceptors (Lipinski definition) is 6. The Labute approximate surface area is 131 Å². The summed E-state index contributed by atoms with van der Waals surface area (Å²) in [4.78, 5) is 13.5. The maximum atomic E-state index is 6.45. The largest absolute Gasteiger partial charge is 0.494 e. The molecule has 0 radical (unpaired) electrons. The second-order valence-electron chi connectivity index (χ2n) is 7.10. The molecule has 3 fully saturated rings. The molecule has 3 aliphatic heterocycles. The van der Waals surface area contributed by atoms with Gasteiger partial charge in [0.1, 0.15) is 0 Å². The minimum Gasteiger partial charge on any atom is -0.494 e. The highest BCUT2D eigenvalue weighted by Crippen LogP contribution is 2.55. The Morgan fingerprint density at radius 3 is 2.86 bits per heavy atom. The van der Waals surface area contributed by atoms with Gasteiger partial charge in [0.2, 0.25) is 5.95 Å². The van der Waals surface area contributed by atoms with Crippen LogP contribution in [0.2, 0.25) is 0 Å². The molecule has 1 spiro atoms. The van der Waals surface area contributed by atoms with Gasteiger partial charge in [-0.05, 0) is 26.9 Å². The molecule has 0 unspecified atom stereocenters. The monoisotopic (exact) mass is 304 g/mol. The Kier molecular flexibility index (Phi) is 3.27. The lowest BCUT2D eigenvalue weighted by molar-refractivity contribution is 0.0136. The highest BCUT2D eigenvalue weighted by molar-refractivity contribution is 5.37. The molecule has 6 heteroatoms. The van der Waals surface area contributed by atoms with E-state index in [1.165, 1.54) is 12.8 Å². The van der Waals surface area contributed by atoms with E-state index in [1.54, 1.807) is 19.5 Å². The fourth-order valence-electron chi connectivity index (χ4n) is 4.59. The molecule has 1 aromatic heterocycles. The number of hydrogen-bond donors (Lipinski definition) is 0. The van der Waals surface area contributed by atoms with E-state index in [2.05, 4.69) is 33.9 Å². The van der Waals surface area contributed by atoms with Crippen LogP contribution in [-0.2, 0) is 4.74 Å². The van der Waals surface area contributed by atoms with Crippen LogP contribution in [0.15, 0.2) is 12.4 Å². The Bertz CT molecular complexity index is 550. The third kappa shape index (κ3) is 2.08. The van der Waals surface area contributed by atoms with Crippen molar-refractivity contribution in [3.8, 4) is 5.75 Å². The molecule has 0 amide bonds. The zero-order chi connectivity index (χ0) is 15.3. The number of methoxy groups -OCH3 is 1. The fourth-order valence-corrected chi connectivity index (χ4v) is 4.59. The van der Waals surface area contributed by atoms with Gasteiger partial charge in [-0.3, -0.25) is 0 Å². The van der Waals surface area contributed by atoms with Crippen LogP contribution in [0, 0.1) is 11.8 Å². The third-order valence-corrected chi connectivity index (χ3v) is 5.49. The summed E-state index contributed by atoms with van der Waals surface area (Å²) in [6, 6.07) is 0. The van der Waals surface area contributed by atoms with Gasteiger partial charge in [-0.15, -0.1) is 0 Å². The van der Waals surface area contributed by atoms with Crippen molar-refractivity contribution in [3.63, 3.8) is 0 Å². The second-order valence-corrected chi connectivity index (χ2v) is 7.10. The van der Waals surface area contributed by atoms with Crippen LogP contribution in [0.25, 0.3) is 0 Å². The highest BCUT2D eigenvalue weighted by Gasteiger charge is 2.63. The van der Waals surface area contributed by atoms with Gasteiger partial charge in [0.25, 0.3) is 0 Å². The van der Waals surface area contributed by atoms with Crippen molar-refractivity contribution >= 4 is 5.95 Å². The van der Waals surface area contributed by atoms with Gasteiger partial charge in [0.15, 0.2) is 5.75 Å². The molecule has 0 aliphatic carbocycles. The minimum absolute atomic E-state index is 0.0363. The van der Waals surface area contributed by atoms with Crippen molar-refractivity contribution in [1.82, 2.24) is 14.9 Å². The molecule has 3 aliphatic rings. The van der Waals surface area contributed by atoms with E-state index in [0.717, 1.165) is 25.6 Å². The Balaban J connectivity index is 1.55. The van der Waals surface area contributed by atoms with Gasteiger partial charge in [-0.2, -0.15) is 0 Å². The SMILES string of the molecule is COc1cnc(N2C[C@@H]3[C@H](CN(C)C)[C@H]4CC[C@]3(C2)O4)nc1. The van der Waals surface area contributed by atoms with Gasteiger partial charge < -0.3 is 19.3 Å². The highest BCUT2D eigenvalue weighted by atomic mass is 16.5. The van der Waals surface area contributed by atoms with Gasteiger partial charge in [0, 0.05) is 24.9 Å². The fraction of sp³-hybridized carbons (Fsp3) is 0.750. The van der Waals surface area contributed by atoms with Crippen LogP contribution in [0.3, 0.4) is 0 Å². The zero-order valence-corrected chi connectivity index (χ0v) is 13.5. The zero-order valence-electron chi connectivity index (χ0n) is 13.5. The van der Waals surface area contributed by atoms with E-state index in [1.807, 2.05) is 0 Å². The van der Waals surface area contributed by atoms with Crippen molar-refractivity contribution in [1.29, 1.82) is 0 Å². The van der Waals surface area contributed by atoms with E-state index >= 15 is 0 Å². The molecule has 4 atom stereocenters. The minimum atomic E-state index is 0.0363. The smallest absolute Gasteiger partial charge is 0.225 e. The maximum absolute atomic E-state index is 6.45. The van der Waals surface area contributed by atoms with Crippen molar-refractivity contribution in [2.75, 3.05) is 45.7 Å². The summed E-state index contributed by atoms with van der Waals surface area (Å²) in [6.45, 7) is 3.03. The second kappa shape index (κ2) is 5.06. The average Bonchev–Trinajstić information content (AvgIpc) is 3.16. The summed E-state index contributed by atoms with van der Waals surface area (Å²) in [5.74, 6) is 2.72. The van der Waals surface area contributed by atoms with Crippen LogP contribution in [0.5, 0.6) is 5.75 Å². The quantitative estimate of drug-likeness (QED) is 0.828. The first-order chi connectivity index (χ1) is 10.6. The van der Waals surface area contributed by atoms with Gasteiger partial charge in [0.05, 0.1) is 37.8 Å². The van der Waals surface area contributed by atoms with Crippen LogP contribution in [0.1, 0.15) is 12.8 Å². The van der Waals surface area contributed by atoms with Crippen LogP contribution in [-0.4, -0.2) is 67.4 Å². The van der Waals surface area contributed by atoms with E-state index in [-0.39, 0.29) is 5.60 Å². The Morgan fingerprint density at radius 2 is 2.18 bits per heavy atom. The number of nitrogens with zero attached hydrogens (tertiary/aromatic N) is 4. The normalized spacial score (nSPS) is 36.2. The van der Waals surface area contributed by atoms with E-state index in [4.69, 9.17) is 9.47 Å². The number of ether oxygens (including phenoxy) is 2. The Hall–Kier alpha value is -1.40. The predicted octanol–water partition coefficient (Wildman–Crippen LogP) is 1.03. The van der Waals surface area contributed by atoms with Crippen molar-refractivity contribution in [3.05, 3.63) is 12.4 Å². The molecule has 0 aromatic carbocycles. The standard InChI is InChI=1S/C16H24N4O2/c1-19(2)8-12-13-9-20(10-16(13)5-4-14(12)22-16)15-17-6-11(21-3)7-18-15/h6-7,12-14H,4-5,8-10H2,1-3H3/t12-,13+,14+,16+/m0/s1. The molecule has 2 bridgehead atoms. The number of anilines is 1. The first-order valence-corrected chi connectivity index (χ1v) is 8.05. The molecule has 4 rings (SSSR count). The molecule has 6 nitrogen and oxygen atoms in total. The molecule has 0 saturated carbocycles. The molecular weight excluding hydrogens is 280 g/mol. The topological polar surface area (TPSA) is 50.7 Å². The van der Waals surface area contributed by atoms with E-state index in [0.29, 0.717) is 23.7 Å². The van der Waals surface area contributed by atoms with Gasteiger partial charge in [-0.25, -0.2) is 9.97 Å². The molecule has 3 saturated heterocycles. The van der Waals surface area contributed by atoms with Crippen molar-refractivity contribution in [2.24, 2.45) is 11.8 Å². The summed E-state index contributed by atoms with van der Waals surface area (Å²) in [6.07, 6.45) is 6.31. The molecule has 1 aromatic rings. The number of rotatable bonds is 4. The van der Waals surface area contributed by atoms with E-state index < -0.39 is 0 Å². The number of fused-ring (bicyclic) bond motifs is 1. The summed E-state index contributed by atoms with van der Waals surface area (Å²) >= 11 is 0. The summed E-state index contributed by atoms with van der Waals surface area (Å²) in [5.41, 5.74) is 0.0363. The molecule has 22 heavy (non-hydrogen) atoms. The predicted molar refractivity (Wildman–Crippen MR) is 83.2 cm³/mol. The van der Waals surface area contributed by atoms with Crippen molar-refractivity contribution in [2.45, 2.75) is 24.5 Å². The third-order valence-electron chi connectivity index (χ3n) is 5.49. The first kappa shape index (κ1) is 14.2.